The number of morpholine rings is 1. The Balaban J connectivity index is 1.50. The highest BCUT2D eigenvalue weighted by Gasteiger charge is 2.42. The van der Waals surface area contributed by atoms with Gasteiger partial charge < -0.3 is 14.0 Å². The van der Waals surface area contributed by atoms with Gasteiger partial charge in [0.25, 0.3) is 0 Å². The van der Waals surface area contributed by atoms with Gasteiger partial charge in [-0.05, 0) is 24.1 Å². The lowest BCUT2D eigenvalue weighted by atomic mass is 9.95. The lowest BCUT2D eigenvalue weighted by Crippen LogP contribution is -2.56. The molecule has 1 spiro atoms. The van der Waals surface area contributed by atoms with E-state index in [9.17, 15) is 0 Å². The van der Waals surface area contributed by atoms with Gasteiger partial charge in [0.15, 0.2) is 0 Å². The summed E-state index contributed by atoms with van der Waals surface area (Å²) >= 11 is 0. The van der Waals surface area contributed by atoms with Gasteiger partial charge in [0, 0.05) is 37.8 Å². The topological polar surface area (TPSA) is 39.5 Å². The van der Waals surface area contributed by atoms with Crippen molar-refractivity contribution in [3.63, 3.8) is 0 Å². The summed E-state index contributed by atoms with van der Waals surface area (Å²) in [5, 5.41) is 0. The lowest BCUT2D eigenvalue weighted by Gasteiger charge is -2.43. The van der Waals surface area contributed by atoms with Gasteiger partial charge in [-0.25, -0.2) is 4.98 Å². The van der Waals surface area contributed by atoms with Gasteiger partial charge in [-0.1, -0.05) is 12.1 Å². The molecule has 1 aromatic heterocycles. The monoisotopic (exact) mass is 299 g/mol. The molecule has 22 heavy (non-hydrogen) atoms. The fourth-order valence-corrected chi connectivity index (χ4v) is 3.38. The molecule has 5 heteroatoms. The first kappa shape index (κ1) is 13.9. The predicted molar refractivity (Wildman–Crippen MR) is 83.0 cm³/mol. The second-order valence-electron chi connectivity index (χ2n) is 6.14. The van der Waals surface area contributed by atoms with Crippen LogP contribution in [0.5, 0.6) is 0 Å². The molecule has 2 aliphatic rings. The zero-order valence-electron chi connectivity index (χ0n) is 12.6. The van der Waals surface area contributed by atoms with E-state index in [0.717, 1.165) is 51.6 Å². The van der Waals surface area contributed by atoms with Crippen LogP contribution in [0.2, 0.25) is 0 Å². The minimum Gasteiger partial charge on any atom is -0.379 e. The van der Waals surface area contributed by atoms with Crippen molar-refractivity contribution in [3.8, 4) is 5.69 Å². The maximum absolute atomic E-state index is 5.71. The number of hydrogen-bond acceptors (Lipinski definition) is 4. The number of hydrogen-bond donors (Lipinski definition) is 0. The summed E-state index contributed by atoms with van der Waals surface area (Å²) in [5.74, 6) is 0. The molecule has 0 amide bonds. The number of imidazole rings is 1. The number of rotatable bonds is 3. The molecule has 0 saturated carbocycles. The molecule has 0 radical (unpaired) electrons. The van der Waals surface area contributed by atoms with E-state index in [4.69, 9.17) is 9.47 Å². The standard InChI is InChI=1S/C17H21N3O2/c1-3-16(19-7-6-18-14-19)4-2-15(1)11-20-8-10-22-13-17(20)5-9-21-12-17/h1-4,6-7,14H,5,8-13H2. The molecular formula is C17H21N3O2. The molecule has 116 valence electrons. The molecular weight excluding hydrogens is 278 g/mol. The number of benzene rings is 1. The van der Waals surface area contributed by atoms with Gasteiger partial charge in [0.2, 0.25) is 0 Å². The van der Waals surface area contributed by atoms with Crippen molar-refractivity contribution in [1.82, 2.24) is 14.5 Å². The highest BCUT2D eigenvalue weighted by atomic mass is 16.5. The van der Waals surface area contributed by atoms with Crippen LogP contribution in [0.4, 0.5) is 0 Å². The Morgan fingerprint density at radius 1 is 1.09 bits per heavy atom. The normalized spacial score (nSPS) is 25.8. The average molecular weight is 299 g/mol. The predicted octanol–water partition coefficient (Wildman–Crippen LogP) is 1.86. The summed E-state index contributed by atoms with van der Waals surface area (Å²) in [6, 6.07) is 8.70. The second-order valence-corrected chi connectivity index (χ2v) is 6.14. The lowest BCUT2D eigenvalue weighted by molar-refractivity contribution is -0.0749. The van der Waals surface area contributed by atoms with Crippen LogP contribution in [0.1, 0.15) is 12.0 Å². The van der Waals surface area contributed by atoms with E-state index >= 15 is 0 Å². The van der Waals surface area contributed by atoms with Crippen LogP contribution in [0.15, 0.2) is 43.0 Å². The van der Waals surface area contributed by atoms with Crippen molar-refractivity contribution in [1.29, 1.82) is 0 Å². The van der Waals surface area contributed by atoms with E-state index in [2.05, 4.69) is 34.1 Å². The van der Waals surface area contributed by atoms with Crippen molar-refractivity contribution >= 4 is 0 Å². The maximum Gasteiger partial charge on any atom is 0.0991 e. The molecule has 2 aliphatic heterocycles. The molecule has 2 saturated heterocycles. The van der Waals surface area contributed by atoms with Crippen LogP contribution in [-0.2, 0) is 16.0 Å². The van der Waals surface area contributed by atoms with E-state index in [0.29, 0.717) is 0 Å². The maximum atomic E-state index is 5.71. The fraction of sp³-hybridized carbons (Fsp3) is 0.471. The van der Waals surface area contributed by atoms with Crippen LogP contribution < -0.4 is 0 Å². The summed E-state index contributed by atoms with van der Waals surface area (Å²) in [4.78, 5) is 6.63. The summed E-state index contributed by atoms with van der Waals surface area (Å²) < 4.78 is 13.4. The molecule has 4 rings (SSSR count). The van der Waals surface area contributed by atoms with Gasteiger partial charge in [-0.15, -0.1) is 0 Å². The van der Waals surface area contributed by atoms with Gasteiger partial charge >= 0.3 is 0 Å². The third-order valence-electron chi connectivity index (χ3n) is 4.74. The Morgan fingerprint density at radius 2 is 1.91 bits per heavy atom. The third-order valence-corrected chi connectivity index (χ3v) is 4.74. The fourth-order valence-electron chi connectivity index (χ4n) is 3.38. The van der Waals surface area contributed by atoms with Crippen LogP contribution in [0.25, 0.3) is 5.69 Å². The first-order valence-electron chi connectivity index (χ1n) is 7.84. The van der Waals surface area contributed by atoms with Crippen LogP contribution in [-0.4, -0.2) is 53.0 Å². The van der Waals surface area contributed by atoms with E-state index in [1.165, 1.54) is 5.56 Å². The van der Waals surface area contributed by atoms with Crippen molar-refractivity contribution in [3.05, 3.63) is 48.5 Å². The summed E-state index contributed by atoms with van der Waals surface area (Å²) in [6.07, 6.45) is 6.65. The van der Waals surface area contributed by atoms with E-state index < -0.39 is 0 Å². The van der Waals surface area contributed by atoms with Gasteiger partial charge in [0.1, 0.15) is 0 Å². The zero-order chi connectivity index (χ0) is 14.8. The average Bonchev–Trinajstić information content (AvgIpc) is 3.23. The van der Waals surface area contributed by atoms with Crippen molar-refractivity contribution in [2.24, 2.45) is 0 Å². The molecule has 5 nitrogen and oxygen atoms in total. The van der Waals surface area contributed by atoms with Crippen LogP contribution in [0.3, 0.4) is 0 Å². The molecule has 0 bridgehead atoms. The number of ether oxygens (including phenoxy) is 2. The Labute approximate surface area is 130 Å². The molecule has 2 fully saturated rings. The van der Waals surface area contributed by atoms with Crippen LogP contribution in [0, 0.1) is 0 Å². The summed E-state index contributed by atoms with van der Waals surface area (Å²) in [7, 11) is 0. The minimum absolute atomic E-state index is 0.0846. The van der Waals surface area contributed by atoms with E-state index in [1.54, 1.807) is 6.20 Å². The SMILES string of the molecule is c1cn(-c2ccc(CN3CCOCC34CCOC4)cc2)cn1. The molecule has 1 unspecified atom stereocenters. The Hall–Kier alpha value is -1.69. The number of aromatic nitrogens is 2. The minimum atomic E-state index is 0.0846. The van der Waals surface area contributed by atoms with Gasteiger partial charge in [-0.2, -0.15) is 0 Å². The first-order valence-corrected chi connectivity index (χ1v) is 7.84. The smallest absolute Gasteiger partial charge is 0.0991 e. The molecule has 1 atom stereocenters. The number of nitrogens with zero attached hydrogens (tertiary/aromatic N) is 3. The van der Waals surface area contributed by atoms with Gasteiger partial charge in [-0.3, -0.25) is 4.90 Å². The van der Waals surface area contributed by atoms with Crippen molar-refractivity contribution in [2.75, 3.05) is 33.0 Å². The Kier molecular flexibility index (Phi) is 3.70. The third kappa shape index (κ3) is 2.56. The molecule has 3 heterocycles. The van der Waals surface area contributed by atoms with Crippen molar-refractivity contribution < 1.29 is 9.47 Å². The Morgan fingerprint density at radius 3 is 2.64 bits per heavy atom. The molecule has 0 N–H and O–H groups in total. The summed E-state index contributed by atoms with van der Waals surface area (Å²) in [5.41, 5.74) is 2.56. The van der Waals surface area contributed by atoms with Gasteiger partial charge in [0.05, 0.1) is 31.7 Å². The van der Waals surface area contributed by atoms with Crippen LogP contribution >= 0.6 is 0 Å². The molecule has 2 aromatic rings. The zero-order valence-corrected chi connectivity index (χ0v) is 12.6. The van der Waals surface area contributed by atoms with E-state index in [1.807, 2.05) is 17.1 Å². The molecule has 0 aliphatic carbocycles. The van der Waals surface area contributed by atoms with E-state index in [-0.39, 0.29) is 5.54 Å². The Bertz CT molecular complexity index is 603. The first-order chi connectivity index (χ1) is 10.9. The highest BCUT2D eigenvalue weighted by molar-refractivity contribution is 5.34. The quantitative estimate of drug-likeness (QED) is 0.867. The molecule has 1 aromatic carbocycles. The largest absolute Gasteiger partial charge is 0.379 e. The highest BCUT2D eigenvalue weighted by Crippen LogP contribution is 2.30. The van der Waals surface area contributed by atoms with Crippen molar-refractivity contribution in [2.45, 2.75) is 18.5 Å². The second kappa shape index (κ2) is 5.83. The summed E-state index contributed by atoms with van der Waals surface area (Å²) in [6.45, 7) is 5.18.